The Hall–Kier alpha value is -2.68. The second-order valence-corrected chi connectivity index (χ2v) is 6.47. The summed E-state index contributed by atoms with van der Waals surface area (Å²) in [5.41, 5.74) is 1.08. The number of rotatable bonds is 3. The van der Waals surface area contributed by atoms with E-state index >= 15 is 0 Å². The lowest BCUT2D eigenvalue weighted by molar-refractivity contribution is -0.121. The Labute approximate surface area is 149 Å². The predicted molar refractivity (Wildman–Crippen MR) is 89.7 cm³/mol. The van der Waals surface area contributed by atoms with Crippen molar-refractivity contribution in [2.45, 2.75) is 44.4 Å². The normalized spacial score (nSPS) is 27.5. The van der Waals surface area contributed by atoms with Crippen LogP contribution in [0.1, 0.15) is 37.7 Å². The van der Waals surface area contributed by atoms with Crippen molar-refractivity contribution in [3.05, 3.63) is 29.6 Å². The molecule has 1 aliphatic heterocycles. The Morgan fingerprint density at radius 1 is 1.46 bits per heavy atom. The highest BCUT2D eigenvalue weighted by Gasteiger charge is 2.34. The molecule has 1 saturated carbocycles. The second-order valence-electron chi connectivity index (χ2n) is 6.47. The Kier molecular flexibility index (Phi) is 5.08. The molecule has 1 heterocycles. The first kappa shape index (κ1) is 18.1. The third-order valence-electron chi connectivity index (χ3n) is 4.68. The summed E-state index contributed by atoms with van der Waals surface area (Å²) in [5.74, 6) is -1.02. The van der Waals surface area contributed by atoms with E-state index in [1.807, 2.05) is 0 Å². The van der Waals surface area contributed by atoms with Gasteiger partial charge in [-0.25, -0.2) is 9.18 Å². The zero-order chi connectivity index (χ0) is 18.8. The number of aliphatic hydroxyl groups excluding tert-OH is 1. The van der Waals surface area contributed by atoms with E-state index in [0.717, 1.165) is 0 Å². The number of hydrogen-bond acceptors (Lipinski definition) is 6. The van der Waals surface area contributed by atoms with Gasteiger partial charge in [-0.2, -0.15) is 0 Å². The average molecular weight is 365 g/mol. The fourth-order valence-electron chi connectivity index (χ4n) is 3.40. The minimum Gasteiger partial charge on any atom is -0.423 e. The summed E-state index contributed by atoms with van der Waals surface area (Å²) in [6.45, 7) is 1.41. The molecule has 1 aromatic carbocycles. The highest BCUT2D eigenvalue weighted by molar-refractivity contribution is 5.90. The molecule has 3 atom stereocenters. The van der Waals surface area contributed by atoms with Crippen molar-refractivity contribution in [1.29, 1.82) is 0 Å². The molecule has 1 aliphatic carbocycles. The number of ether oxygens (including phenoxy) is 1. The zero-order valence-electron chi connectivity index (χ0n) is 14.2. The fraction of sp³-hybridized carbons (Fsp3) is 0.471. The summed E-state index contributed by atoms with van der Waals surface area (Å²) >= 11 is 0. The molecule has 0 radical (unpaired) electrons. The van der Waals surface area contributed by atoms with Gasteiger partial charge < -0.3 is 20.4 Å². The molecule has 0 aromatic heterocycles. The van der Waals surface area contributed by atoms with Crippen LogP contribution in [0.15, 0.2) is 23.4 Å². The molecule has 140 valence electrons. The van der Waals surface area contributed by atoms with Crippen LogP contribution in [0.5, 0.6) is 0 Å². The molecule has 2 fully saturated rings. The summed E-state index contributed by atoms with van der Waals surface area (Å²) in [6.07, 6.45) is -1.11. The number of aliphatic hydroxyl groups is 1. The van der Waals surface area contributed by atoms with Gasteiger partial charge >= 0.3 is 6.09 Å². The number of cyclic esters (lactones) is 1. The number of benzene rings is 1. The molecular weight excluding hydrogens is 345 g/mol. The van der Waals surface area contributed by atoms with E-state index in [9.17, 15) is 19.1 Å². The highest BCUT2D eigenvalue weighted by atomic mass is 19.1. The summed E-state index contributed by atoms with van der Waals surface area (Å²) in [5, 5.41) is 24.3. The second kappa shape index (κ2) is 7.28. The van der Waals surface area contributed by atoms with E-state index < -0.39 is 24.2 Å². The molecule has 9 heteroatoms. The summed E-state index contributed by atoms with van der Waals surface area (Å²) in [4.78, 5) is 24.3. The van der Waals surface area contributed by atoms with Crippen molar-refractivity contribution in [3.63, 3.8) is 0 Å². The first-order valence-electron chi connectivity index (χ1n) is 8.32. The van der Waals surface area contributed by atoms with Gasteiger partial charge in [-0.05, 0) is 42.9 Å². The van der Waals surface area contributed by atoms with Crippen molar-refractivity contribution in [3.8, 4) is 0 Å². The van der Waals surface area contributed by atoms with E-state index in [-0.39, 0.29) is 24.8 Å². The first-order valence-corrected chi connectivity index (χ1v) is 8.32. The molecule has 1 aromatic rings. The number of amides is 2. The molecule has 0 spiro atoms. The van der Waals surface area contributed by atoms with Gasteiger partial charge in [-0.15, -0.1) is 0 Å². The molecule has 0 bridgehead atoms. The van der Waals surface area contributed by atoms with E-state index in [1.54, 1.807) is 12.1 Å². The van der Waals surface area contributed by atoms with E-state index in [1.165, 1.54) is 17.9 Å². The molecule has 3 rings (SSSR count). The van der Waals surface area contributed by atoms with Gasteiger partial charge in [0.05, 0.1) is 24.0 Å². The predicted octanol–water partition coefficient (Wildman–Crippen LogP) is 1.70. The van der Waals surface area contributed by atoms with Gasteiger partial charge in [0.2, 0.25) is 5.91 Å². The molecule has 8 nitrogen and oxygen atoms in total. The molecule has 1 saturated heterocycles. The lowest BCUT2D eigenvalue weighted by atomic mass is 9.81. The van der Waals surface area contributed by atoms with Gasteiger partial charge in [0.25, 0.3) is 0 Å². The summed E-state index contributed by atoms with van der Waals surface area (Å²) in [7, 11) is 0. The number of carbonyl (C=O) groups excluding carboxylic acids is 2. The largest absolute Gasteiger partial charge is 0.423 e. The Balaban J connectivity index is 1.74. The third kappa shape index (κ3) is 3.62. The van der Waals surface area contributed by atoms with Crippen molar-refractivity contribution in [1.82, 2.24) is 5.32 Å². The van der Waals surface area contributed by atoms with Gasteiger partial charge in [0, 0.05) is 6.92 Å². The SMILES string of the molecule is CC(=O)NC1CN(c2ccc(C3CC/C(=N/O)C(O)C3)c(F)c2)C(=O)O1. The average Bonchev–Trinajstić information content (AvgIpc) is 2.94. The lowest BCUT2D eigenvalue weighted by Gasteiger charge is -2.27. The van der Waals surface area contributed by atoms with Crippen LogP contribution in [0.25, 0.3) is 0 Å². The fourth-order valence-corrected chi connectivity index (χ4v) is 3.40. The molecular formula is C17H20FN3O5. The molecule has 3 N–H and O–H groups in total. The Morgan fingerprint density at radius 2 is 2.23 bits per heavy atom. The molecule has 2 amide bonds. The smallest absolute Gasteiger partial charge is 0.416 e. The lowest BCUT2D eigenvalue weighted by Crippen LogP contribution is -2.36. The Bertz CT molecular complexity index is 754. The first-order chi connectivity index (χ1) is 12.4. The van der Waals surface area contributed by atoms with Crippen molar-refractivity contribution in [2.24, 2.45) is 5.16 Å². The number of nitrogens with zero attached hydrogens (tertiary/aromatic N) is 2. The number of halogens is 1. The minimum absolute atomic E-state index is 0.0929. The molecule has 2 aliphatic rings. The van der Waals surface area contributed by atoms with Crippen molar-refractivity contribution >= 4 is 23.4 Å². The van der Waals surface area contributed by atoms with Crippen LogP contribution in [-0.2, 0) is 9.53 Å². The Morgan fingerprint density at radius 3 is 2.85 bits per heavy atom. The van der Waals surface area contributed by atoms with Crippen LogP contribution >= 0.6 is 0 Å². The van der Waals surface area contributed by atoms with Gasteiger partial charge in [-0.3, -0.25) is 9.69 Å². The van der Waals surface area contributed by atoms with Gasteiger partial charge in [0.15, 0.2) is 6.23 Å². The number of oxime groups is 1. The molecule has 26 heavy (non-hydrogen) atoms. The maximum Gasteiger partial charge on any atom is 0.416 e. The molecule has 3 unspecified atom stereocenters. The van der Waals surface area contributed by atoms with Crippen LogP contribution in [0.2, 0.25) is 0 Å². The topological polar surface area (TPSA) is 111 Å². The monoisotopic (exact) mass is 365 g/mol. The highest BCUT2D eigenvalue weighted by Crippen LogP contribution is 2.35. The number of nitrogens with one attached hydrogen (secondary N) is 1. The van der Waals surface area contributed by atoms with Crippen LogP contribution < -0.4 is 10.2 Å². The van der Waals surface area contributed by atoms with Crippen molar-refractivity contribution < 1.29 is 29.0 Å². The third-order valence-corrected chi connectivity index (χ3v) is 4.68. The number of carbonyl (C=O) groups is 2. The maximum atomic E-state index is 14.6. The zero-order valence-corrected chi connectivity index (χ0v) is 14.2. The standard InChI is InChI=1S/C17H20FN3O5/c1-9(22)19-16-8-21(17(24)26-16)11-3-4-12(13(18)7-11)10-2-5-14(20-25)15(23)6-10/h3-4,7,10,15-16,23,25H,2,5-6,8H2,1H3,(H,19,22)/b20-14-. The van der Waals surface area contributed by atoms with Crippen LogP contribution in [-0.4, -0.2) is 46.9 Å². The minimum atomic E-state index is -0.898. The van der Waals surface area contributed by atoms with E-state index in [0.29, 0.717) is 29.8 Å². The van der Waals surface area contributed by atoms with E-state index in [2.05, 4.69) is 10.5 Å². The van der Waals surface area contributed by atoms with Crippen LogP contribution in [0.4, 0.5) is 14.9 Å². The number of hydrogen-bond donors (Lipinski definition) is 3. The van der Waals surface area contributed by atoms with Gasteiger partial charge in [-0.1, -0.05) is 11.2 Å². The summed E-state index contributed by atoms with van der Waals surface area (Å²) in [6, 6.07) is 4.44. The van der Waals surface area contributed by atoms with Crippen molar-refractivity contribution in [2.75, 3.05) is 11.4 Å². The maximum absolute atomic E-state index is 14.6. The van der Waals surface area contributed by atoms with Gasteiger partial charge in [0.1, 0.15) is 5.82 Å². The number of anilines is 1. The summed E-state index contributed by atoms with van der Waals surface area (Å²) < 4.78 is 19.6. The van der Waals surface area contributed by atoms with Crippen LogP contribution in [0, 0.1) is 5.82 Å². The van der Waals surface area contributed by atoms with E-state index in [4.69, 9.17) is 9.94 Å². The quantitative estimate of drug-likeness (QED) is 0.558. The van der Waals surface area contributed by atoms with Crippen LogP contribution in [0.3, 0.4) is 0 Å².